The Bertz CT molecular complexity index is 640. The molecule has 88 valence electrons. The monoisotopic (exact) mass is 250 g/mol. The van der Waals surface area contributed by atoms with Gasteiger partial charge in [-0.25, -0.2) is 0 Å². The van der Waals surface area contributed by atoms with Crippen molar-refractivity contribution >= 4 is 17.4 Å². The van der Waals surface area contributed by atoms with Crippen molar-refractivity contribution in [2.75, 3.05) is 0 Å². The van der Waals surface area contributed by atoms with Crippen LogP contribution < -0.4 is 5.56 Å². The lowest BCUT2D eigenvalue weighted by molar-refractivity contribution is 0.103. The molecule has 0 radical (unpaired) electrons. The summed E-state index contributed by atoms with van der Waals surface area (Å²) in [5, 5.41) is 3.13. The number of aromatic amines is 1. The maximum Gasteiger partial charge on any atom is 0.277 e. The Hall–Kier alpha value is -1.81. The summed E-state index contributed by atoms with van der Waals surface area (Å²) in [6.45, 7) is 1.69. The van der Waals surface area contributed by atoms with Crippen LogP contribution in [0.3, 0.4) is 0 Å². The minimum absolute atomic E-state index is 0.139. The first-order chi connectivity index (χ1) is 8.02. The van der Waals surface area contributed by atoms with Gasteiger partial charge >= 0.3 is 0 Å². The van der Waals surface area contributed by atoms with Gasteiger partial charge in [0.25, 0.3) is 5.56 Å². The van der Waals surface area contributed by atoms with Crippen molar-refractivity contribution in [1.82, 2.24) is 9.78 Å². The van der Waals surface area contributed by atoms with E-state index in [0.717, 1.165) is 0 Å². The number of nitrogens with zero attached hydrogens (tertiary/aromatic N) is 1. The quantitative estimate of drug-likeness (QED) is 0.828. The van der Waals surface area contributed by atoms with Crippen LogP contribution >= 0.6 is 11.6 Å². The van der Waals surface area contributed by atoms with E-state index >= 15 is 0 Å². The third kappa shape index (κ3) is 1.91. The van der Waals surface area contributed by atoms with E-state index < -0.39 is 0 Å². The van der Waals surface area contributed by atoms with Crippen LogP contribution in [0.15, 0.2) is 29.1 Å². The van der Waals surface area contributed by atoms with Gasteiger partial charge in [0.1, 0.15) is 5.56 Å². The Morgan fingerprint density at radius 1 is 1.35 bits per heavy atom. The summed E-state index contributed by atoms with van der Waals surface area (Å²) in [6.07, 6.45) is 0. The number of hydrogen-bond acceptors (Lipinski definition) is 2. The summed E-state index contributed by atoms with van der Waals surface area (Å²) in [7, 11) is 1.57. The van der Waals surface area contributed by atoms with E-state index in [0.29, 0.717) is 16.3 Å². The van der Waals surface area contributed by atoms with Crippen molar-refractivity contribution in [1.29, 1.82) is 0 Å². The molecular formula is C12H11ClN2O2. The molecule has 0 unspecified atom stereocenters. The summed E-state index contributed by atoms with van der Waals surface area (Å²) in [5.74, 6) is -0.352. The molecule has 2 rings (SSSR count). The highest BCUT2D eigenvalue weighted by molar-refractivity contribution is 6.35. The molecule has 0 saturated heterocycles. The number of aromatic nitrogens is 2. The fourth-order valence-corrected chi connectivity index (χ4v) is 1.96. The minimum atomic E-state index is -0.352. The zero-order valence-corrected chi connectivity index (χ0v) is 10.2. The third-order valence-electron chi connectivity index (χ3n) is 2.57. The van der Waals surface area contributed by atoms with Crippen LogP contribution in [0.1, 0.15) is 21.6 Å². The van der Waals surface area contributed by atoms with Gasteiger partial charge in [0.15, 0.2) is 0 Å². The van der Waals surface area contributed by atoms with Gasteiger partial charge in [-0.2, -0.15) is 0 Å². The Morgan fingerprint density at radius 3 is 2.53 bits per heavy atom. The van der Waals surface area contributed by atoms with Crippen molar-refractivity contribution in [3.05, 3.63) is 56.5 Å². The van der Waals surface area contributed by atoms with Crippen LogP contribution in [0.4, 0.5) is 0 Å². The number of carbonyl (C=O) groups is 1. The first kappa shape index (κ1) is 11.7. The first-order valence-electron chi connectivity index (χ1n) is 5.07. The molecule has 1 aromatic carbocycles. The molecule has 0 spiro atoms. The summed E-state index contributed by atoms with van der Waals surface area (Å²) in [5.41, 5.74) is 0.685. The Morgan fingerprint density at radius 2 is 2.00 bits per heavy atom. The zero-order chi connectivity index (χ0) is 12.6. The van der Waals surface area contributed by atoms with Gasteiger partial charge in [-0.3, -0.25) is 19.4 Å². The van der Waals surface area contributed by atoms with Crippen LogP contribution in [0.25, 0.3) is 0 Å². The molecule has 0 saturated carbocycles. The van der Waals surface area contributed by atoms with Gasteiger partial charge in [-0.15, -0.1) is 0 Å². The van der Waals surface area contributed by atoms with E-state index in [4.69, 9.17) is 11.6 Å². The number of benzene rings is 1. The maximum atomic E-state index is 12.2. The fraction of sp³-hybridized carbons (Fsp3) is 0.167. The fourth-order valence-electron chi connectivity index (χ4n) is 1.73. The number of halogens is 1. The average Bonchev–Trinajstić information content (AvgIpc) is 2.53. The predicted octanol–water partition coefficient (Wildman–Crippen LogP) is 1.91. The SMILES string of the molecule is Cc1[nH]n(C)c(=O)c1C(=O)c1ccccc1Cl. The standard InChI is InChI=1S/C12H11ClN2O2/c1-7-10(12(17)15(2)14-7)11(16)8-5-3-4-6-9(8)13/h3-6,14H,1-2H3. The second-order valence-electron chi connectivity index (χ2n) is 3.78. The molecule has 5 heteroatoms. The van der Waals surface area contributed by atoms with Crippen LogP contribution in [0, 0.1) is 6.92 Å². The van der Waals surface area contributed by atoms with Crippen LogP contribution in [-0.4, -0.2) is 15.6 Å². The molecule has 1 N–H and O–H groups in total. The summed E-state index contributed by atoms with van der Waals surface area (Å²) in [6, 6.07) is 6.69. The van der Waals surface area contributed by atoms with E-state index in [1.807, 2.05) is 0 Å². The second-order valence-corrected chi connectivity index (χ2v) is 4.19. The Labute approximate surface area is 103 Å². The normalized spacial score (nSPS) is 10.5. The van der Waals surface area contributed by atoms with E-state index in [1.54, 1.807) is 38.2 Å². The second kappa shape index (κ2) is 4.22. The van der Waals surface area contributed by atoms with Gasteiger partial charge in [-0.05, 0) is 19.1 Å². The Kier molecular flexibility index (Phi) is 2.90. The number of hydrogen-bond donors (Lipinski definition) is 1. The molecular weight excluding hydrogens is 240 g/mol. The number of aryl methyl sites for hydroxylation is 2. The molecule has 0 aliphatic carbocycles. The molecule has 0 fully saturated rings. The van der Waals surface area contributed by atoms with E-state index in [-0.39, 0.29) is 16.9 Å². The molecule has 0 aliphatic rings. The van der Waals surface area contributed by atoms with Gasteiger partial charge in [0.2, 0.25) is 5.78 Å². The van der Waals surface area contributed by atoms with Crippen LogP contribution in [-0.2, 0) is 7.05 Å². The number of nitrogens with one attached hydrogen (secondary N) is 1. The highest BCUT2D eigenvalue weighted by atomic mass is 35.5. The molecule has 4 nitrogen and oxygen atoms in total. The lowest BCUT2D eigenvalue weighted by Gasteiger charge is -2.00. The van der Waals surface area contributed by atoms with E-state index in [9.17, 15) is 9.59 Å². The van der Waals surface area contributed by atoms with Crippen molar-refractivity contribution in [2.45, 2.75) is 6.92 Å². The topological polar surface area (TPSA) is 54.9 Å². The van der Waals surface area contributed by atoms with Gasteiger partial charge in [0, 0.05) is 18.3 Å². The molecule has 1 heterocycles. The minimum Gasteiger partial charge on any atom is -0.299 e. The van der Waals surface area contributed by atoms with E-state index in [2.05, 4.69) is 5.10 Å². The first-order valence-corrected chi connectivity index (χ1v) is 5.45. The summed E-state index contributed by atoms with van der Waals surface area (Å²) >= 11 is 5.94. The van der Waals surface area contributed by atoms with Crippen LogP contribution in [0.5, 0.6) is 0 Å². The smallest absolute Gasteiger partial charge is 0.277 e. The average molecular weight is 251 g/mol. The predicted molar refractivity (Wildman–Crippen MR) is 65.7 cm³/mol. The largest absolute Gasteiger partial charge is 0.299 e. The molecule has 0 amide bonds. The highest BCUT2D eigenvalue weighted by Crippen LogP contribution is 2.18. The van der Waals surface area contributed by atoms with Crippen molar-refractivity contribution in [3.63, 3.8) is 0 Å². The van der Waals surface area contributed by atoms with Crippen molar-refractivity contribution < 1.29 is 4.79 Å². The zero-order valence-electron chi connectivity index (χ0n) is 9.45. The van der Waals surface area contributed by atoms with Crippen molar-refractivity contribution in [3.8, 4) is 0 Å². The molecule has 1 aromatic heterocycles. The summed E-state index contributed by atoms with van der Waals surface area (Å²) < 4.78 is 1.28. The molecule has 2 aromatic rings. The lowest BCUT2D eigenvalue weighted by Crippen LogP contribution is -2.19. The molecule has 0 atom stereocenters. The maximum absolute atomic E-state index is 12.2. The molecule has 0 aliphatic heterocycles. The molecule has 17 heavy (non-hydrogen) atoms. The number of rotatable bonds is 2. The number of H-pyrrole nitrogens is 1. The lowest BCUT2D eigenvalue weighted by atomic mass is 10.0. The van der Waals surface area contributed by atoms with Crippen molar-refractivity contribution in [2.24, 2.45) is 7.05 Å². The molecule has 0 bridgehead atoms. The van der Waals surface area contributed by atoms with Crippen LogP contribution in [0.2, 0.25) is 5.02 Å². The van der Waals surface area contributed by atoms with Gasteiger partial charge in [0.05, 0.1) is 5.02 Å². The third-order valence-corrected chi connectivity index (χ3v) is 2.90. The van der Waals surface area contributed by atoms with Gasteiger partial charge < -0.3 is 0 Å². The number of carbonyl (C=O) groups excluding carboxylic acids is 1. The highest BCUT2D eigenvalue weighted by Gasteiger charge is 2.20. The Balaban J connectivity index is 2.60. The van der Waals surface area contributed by atoms with E-state index in [1.165, 1.54) is 4.68 Å². The number of ketones is 1. The summed E-state index contributed by atoms with van der Waals surface area (Å²) in [4.78, 5) is 24.0. The van der Waals surface area contributed by atoms with Gasteiger partial charge in [-0.1, -0.05) is 23.7 Å².